The Hall–Kier alpha value is -1.15. The Labute approximate surface area is 72.2 Å². The van der Waals surface area contributed by atoms with Crippen molar-refractivity contribution in [2.75, 3.05) is 6.61 Å². The van der Waals surface area contributed by atoms with E-state index in [2.05, 4.69) is 0 Å². The Kier molecular flexibility index (Phi) is 3.48. The van der Waals surface area contributed by atoms with Crippen LogP contribution in [0.2, 0.25) is 0 Å². The van der Waals surface area contributed by atoms with Gasteiger partial charge < -0.3 is 4.74 Å². The molecule has 1 rings (SSSR count). The van der Waals surface area contributed by atoms with Gasteiger partial charge in [0, 0.05) is 0 Å². The molecule has 0 radical (unpaired) electrons. The lowest BCUT2D eigenvalue weighted by molar-refractivity contribution is -0.121. The fourth-order valence-corrected chi connectivity index (χ4v) is 0.887. The van der Waals surface area contributed by atoms with Crippen molar-refractivity contribution >= 4 is 5.78 Å². The molecule has 0 spiro atoms. The van der Waals surface area contributed by atoms with Crippen molar-refractivity contribution in [3.63, 3.8) is 0 Å². The molecule has 1 aromatic rings. The van der Waals surface area contributed by atoms with E-state index >= 15 is 0 Å². The minimum absolute atomic E-state index is 0.0610. The maximum absolute atomic E-state index is 10.5. The first-order chi connectivity index (χ1) is 5.79. The minimum Gasteiger partial charge on any atom is -0.369 e. The number of ether oxygens (including phenoxy) is 1. The number of hydrogen-bond acceptors (Lipinski definition) is 2. The van der Waals surface area contributed by atoms with Gasteiger partial charge in [0.1, 0.15) is 6.61 Å². The molecule has 2 heteroatoms. The first kappa shape index (κ1) is 8.94. The predicted octanol–water partition coefficient (Wildman–Crippen LogP) is 1.79. The molecule has 0 aromatic heterocycles. The van der Waals surface area contributed by atoms with Gasteiger partial charge in [-0.2, -0.15) is 0 Å². The highest BCUT2D eigenvalue weighted by molar-refractivity contribution is 5.76. The highest BCUT2D eigenvalue weighted by atomic mass is 16.5. The molecule has 0 saturated heterocycles. The largest absolute Gasteiger partial charge is 0.369 e. The van der Waals surface area contributed by atoms with Crippen LogP contribution in [0.4, 0.5) is 0 Å². The average molecular weight is 164 g/mol. The van der Waals surface area contributed by atoms with Gasteiger partial charge >= 0.3 is 0 Å². The van der Waals surface area contributed by atoms with Crippen molar-refractivity contribution in [3.05, 3.63) is 35.9 Å². The summed E-state index contributed by atoms with van der Waals surface area (Å²) in [7, 11) is 0. The van der Waals surface area contributed by atoms with E-state index in [0.717, 1.165) is 5.56 Å². The normalized spacial score (nSPS) is 9.75. The molecule has 0 saturated carbocycles. The van der Waals surface area contributed by atoms with Crippen LogP contribution < -0.4 is 0 Å². The summed E-state index contributed by atoms with van der Waals surface area (Å²) in [6.07, 6.45) is 0. The molecule has 0 amide bonds. The van der Waals surface area contributed by atoms with Gasteiger partial charge in [0.2, 0.25) is 0 Å². The summed E-state index contributed by atoms with van der Waals surface area (Å²) in [5.74, 6) is 0.0610. The molecule has 0 aliphatic heterocycles. The quantitative estimate of drug-likeness (QED) is 0.678. The van der Waals surface area contributed by atoms with Crippen molar-refractivity contribution in [1.82, 2.24) is 0 Å². The van der Waals surface area contributed by atoms with Crippen LogP contribution in [0.25, 0.3) is 0 Å². The van der Waals surface area contributed by atoms with E-state index in [-0.39, 0.29) is 12.4 Å². The van der Waals surface area contributed by atoms with Crippen molar-refractivity contribution in [2.45, 2.75) is 13.5 Å². The number of rotatable bonds is 4. The maximum Gasteiger partial charge on any atom is 0.155 e. The van der Waals surface area contributed by atoms with Crippen LogP contribution in [0.5, 0.6) is 0 Å². The second kappa shape index (κ2) is 4.67. The molecule has 0 atom stereocenters. The standard InChI is InChI=1S/C10H12O2/c1-9(11)7-12-8-10-5-3-2-4-6-10/h2-6H,7-8H2,1H3. The van der Waals surface area contributed by atoms with Crippen LogP contribution in [0, 0.1) is 0 Å². The van der Waals surface area contributed by atoms with E-state index in [1.54, 1.807) is 0 Å². The van der Waals surface area contributed by atoms with Gasteiger partial charge in [-0.3, -0.25) is 4.79 Å². The Morgan fingerprint density at radius 3 is 2.58 bits per heavy atom. The van der Waals surface area contributed by atoms with E-state index in [9.17, 15) is 4.79 Å². The van der Waals surface area contributed by atoms with Crippen molar-refractivity contribution < 1.29 is 9.53 Å². The monoisotopic (exact) mass is 164 g/mol. The molecule has 1 aromatic carbocycles. The van der Waals surface area contributed by atoms with Gasteiger partial charge in [0.25, 0.3) is 0 Å². The topological polar surface area (TPSA) is 26.3 Å². The summed E-state index contributed by atoms with van der Waals surface area (Å²) in [5, 5.41) is 0. The summed E-state index contributed by atoms with van der Waals surface area (Å²) in [6, 6.07) is 9.80. The lowest BCUT2D eigenvalue weighted by Gasteiger charge is -2.00. The first-order valence-electron chi connectivity index (χ1n) is 3.90. The Morgan fingerprint density at radius 1 is 1.33 bits per heavy atom. The van der Waals surface area contributed by atoms with Crippen LogP contribution in [0.15, 0.2) is 30.3 Å². The zero-order valence-electron chi connectivity index (χ0n) is 7.12. The summed E-state index contributed by atoms with van der Waals surface area (Å²) in [6.45, 7) is 2.24. The fourth-order valence-electron chi connectivity index (χ4n) is 0.887. The SMILES string of the molecule is CC(=O)COCc1ccccc1. The second-order valence-corrected chi connectivity index (χ2v) is 2.68. The molecular weight excluding hydrogens is 152 g/mol. The van der Waals surface area contributed by atoms with E-state index in [1.165, 1.54) is 6.92 Å². The Morgan fingerprint density at radius 2 is 2.00 bits per heavy atom. The van der Waals surface area contributed by atoms with Crippen LogP contribution in [-0.2, 0) is 16.1 Å². The second-order valence-electron chi connectivity index (χ2n) is 2.68. The third kappa shape index (κ3) is 3.30. The fraction of sp³-hybridized carbons (Fsp3) is 0.300. The minimum atomic E-state index is 0.0610. The highest BCUT2D eigenvalue weighted by Gasteiger charge is 1.93. The van der Waals surface area contributed by atoms with Crippen LogP contribution in [-0.4, -0.2) is 12.4 Å². The zero-order valence-corrected chi connectivity index (χ0v) is 7.12. The lowest BCUT2D eigenvalue weighted by atomic mass is 10.2. The summed E-state index contributed by atoms with van der Waals surface area (Å²) < 4.78 is 5.13. The van der Waals surface area contributed by atoms with E-state index in [1.807, 2.05) is 30.3 Å². The highest BCUT2D eigenvalue weighted by Crippen LogP contribution is 1.99. The summed E-state index contributed by atoms with van der Waals surface area (Å²) in [4.78, 5) is 10.5. The summed E-state index contributed by atoms with van der Waals surface area (Å²) in [5.41, 5.74) is 1.10. The molecule has 0 aliphatic carbocycles. The average Bonchev–Trinajstić information content (AvgIpc) is 2.05. The van der Waals surface area contributed by atoms with Gasteiger partial charge in [0.15, 0.2) is 5.78 Å². The number of carbonyl (C=O) groups is 1. The van der Waals surface area contributed by atoms with Gasteiger partial charge in [0.05, 0.1) is 6.61 Å². The van der Waals surface area contributed by atoms with Crippen molar-refractivity contribution in [1.29, 1.82) is 0 Å². The zero-order chi connectivity index (χ0) is 8.81. The predicted molar refractivity (Wildman–Crippen MR) is 46.8 cm³/mol. The number of ketones is 1. The molecule has 0 unspecified atom stereocenters. The van der Waals surface area contributed by atoms with E-state index in [0.29, 0.717) is 6.61 Å². The number of hydrogen-bond donors (Lipinski definition) is 0. The molecule has 0 aliphatic rings. The van der Waals surface area contributed by atoms with E-state index < -0.39 is 0 Å². The first-order valence-corrected chi connectivity index (χ1v) is 3.90. The molecular formula is C10H12O2. The number of benzene rings is 1. The molecule has 0 bridgehead atoms. The van der Waals surface area contributed by atoms with Crippen LogP contribution >= 0.6 is 0 Å². The Balaban J connectivity index is 2.29. The molecule has 0 N–H and O–H groups in total. The maximum atomic E-state index is 10.5. The Bertz CT molecular complexity index is 241. The van der Waals surface area contributed by atoms with Crippen LogP contribution in [0.3, 0.4) is 0 Å². The third-order valence-electron chi connectivity index (χ3n) is 1.42. The van der Waals surface area contributed by atoms with Crippen LogP contribution in [0.1, 0.15) is 12.5 Å². The number of carbonyl (C=O) groups excluding carboxylic acids is 1. The smallest absolute Gasteiger partial charge is 0.155 e. The van der Waals surface area contributed by atoms with Gasteiger partial charge in [-0.05, 0) is 12.5 Å². The van der Waals surface area contributed by atoms with Gasteiger partial charge in [-0.1, -0.05) is 30.3 Å². The lowest BCUT2D eigenvalue weighted by Crippen LogP contribution is -2.03. The third-order valence-corrected chi connectivity index (χ3v) is 1.42. The molecule has 0 heterocycles. The van der Waals surface area contributed by atoms with Crippen molar-refractivity contribution in [3.8, 4) is 0 Å². The van der Waals surface area contributed by atoms with E-state index in [4.69, 9.17) is 4.74 Å². The summed E-state index contributed by atoms with van der Waals surface area (Å²) >= 11 is 0. The molecule has 12 heavy (non-hydrogen) atoms. The van der Waals surface area contributed by atoms with Gasteiger partial charge in [-0.15, -0.1) is 0 Å². The number of Topliss-reactive ketones (excluding diaryl/α,β-unsaturated/α-hetero) is 1. The molecule has 2 nitrogen and oxygen atoms in total. The van der Waals surface area contributed by atoms with Crippen molar-refractivity contribution in [2.24, 2.45) is 0 Å². The molecule has 64 valence electrons. The van der Waals surface area contributed by atoms with Gasteiger partial charge in [-0.25, -0.2) is 0 Å². The molecule has 0 fully saturated rings.